The molecule has 0 aromatic rings. The van der Waals surface area contributed by atoms with Gasteiger partial charge in [-0.1, -0.05) is 18.2 Å². The molecule has 0 saturated heterocycles. The van der Waals surface area contributed by atoms with Crippen LogP contribution in [-0.4, -0.2) is 54.3 Å². The second kappa shape index (κ2) is 12.0. The number of amides is 1. The highest BCUT2D eigenvalue weighted by atomic mass is 32.2. The number of carbonyl (C=O) groups excluding carboxylic acids is 3. The van der Waals surface area contributed by atoms with E-state index in [1.807, 2.05) is 12.3 Å². The van der Waals surface area contributed by atoms with E-state index in [1.54, 1.807) is 11.8 Å². The Balaban J connectivity index is 2.81. The summed E-state index contributed by atoms with van der Waals surface area (Å²) in [4.78, 5) is 37.1. The lowest BCUT2D eigenvalue weighted by Crippen LogP contribution is -2.48. The number of thioether (sulfide) groups is 1. The quantitative estimate of drug-likeness (QED) is 0.396. The maximum atomic E-state index is 12.3. The molecule has 0 radical (unpaired) electrons. The predicted molar refractivity (Wildman–Crippen MR) is 111 cm³/mol. The van der Waals surface area contributed by atoms with E-state index < -0.39 is 6.04 Å². The first-order valence-corrected chi connectivity index (χ1v) is 10.9. The molecule has 1 saturated carbocycles. The number of rotatable bonds is 11. The number of hydrogen-bond acceptors (Lipinski definition) is 5. The number of ketones is 1. The molecular weight excluding hydrogens is 362 g/mol. The van der Waals surface area contributed by atoms with Crippen LogP contribution in [0.25, 0.3) is 0 Å². The Morgan fingerprint density at radius 2 is 2.00 bits per heavy atom. The number of carbonyl (C=O) groups is 3. The standard InChI is InChI=1S/C21H33NO4S/c1-6-18-11-17(10-8-7-9-15(2)23)12-19(18)13-22(16(3)24)20(14-27-5)21(25)26-4/h6,8,10,17-20H,1,7,9,11-14H2,2-5H3/b10-8-/t17-,18+,19?,20?/m0/s1. The summed E-state index contributed by atoms with van der Waals surface area (Å²) in [7, 11) is 1.36. The van der Waals surface area contributed by atoms with Crippen LogP contribution in [0.1, 0.15) is 39.5 Å². The molecule has 1 aliphatic rings. The third kappa shape index (κ3) is 7.53. The molecule has 2 unspecified atom stereocenters. The van der Waals surface area contributed by atoms with Crippen molar-refractivity contribution in [3.8, 4) is 0 Å². The molecule has 5 nitrogen and oxygen atoms in total. The van der Waals surface area contributed by atoms with Crippen LogP contribution in [-0.2, 0) is 19.1 Å². The number of ether oxygens (including phenoxy) is 1. The van der Waals surface area contributed by atoms with E-state index in [0.717, 1.165) is 19.3 Å². The summed E-state index contributed by atoms with van der Waals surface area (Å²) in [6, 6.07) is -0.557. The molecule has 6 heteroatoms. The molecule has 1 rings (SSSR count). The van der Waals surface area contributed by atoms with Gasteiger partial charge in [-0.25, -0.2) is 4.79 Å². The van der Waals surface area contributed by atoms with Crippen LogP contribution >= 0.6 is 11.8 Å². The van der Waals surface area contributed by atoms with Gasteiger partial charge >= 0.3 is 5.97 Å². The van der Waals surface area contributed by atoms with Crippen molar-refractivity contribution in [3.05, 3.63) is 24.8 Å². The highest BCUT2D eigenvalue weighted by molar-refractivity contribution is 7.98. The fourth-order valence-electron chi connectivity index (χ4n) is 3.74. The first-order chi connectivity index (χ1) is 12.8. The van der Waals surface area contributed by atoms with Gasteiger partial charge in [-0.2, -0.15) is 11.8 Å². The van der Waals surface area contributed by atoms with Crippen LogP contribution in [0.15, 0.2) is 24.8 Å². The van der Waals surface area contributed by atoms with Gasteiger partial charge in [0.25, 0.3) is 0 Å². The number of allylic oxidation sites excluding steroid dienone is 3. The van der Waals surface area contributed by atoms with Gasteiger partial charge in [-0.15, -0.1) is 6.58 Å². The van der Waals surface area contributed by atoms with Crippen molar-refractivity contribution in [1.82, 2.24) is 4.90 Å². The summed E-state index contributed by atoms with van der Waals surface area (Å²) in [5, 5.41) is 0. The highest BCUT2D eigenvalue weighted by Crippen LogP contribution is 2.39. The Morgan fingerprint density at radius 3 is 2.52 bits per heavy atom. The van der Waals surface area contributed by atoms with Crippen molar-refractivity contribution < 1.29 is 19.1 Å². The van der Waals surface area contributed by atoms with Crippen LogP contribution in [0.2, 0.25) is 0 Å². The molecule has 0 spiro atoms. The Morgan fingerprint density at radius 1 is 1.30 bits per heavy atom. The maximum Gasteiger partial charge on any atom is 0.329 e. The molecule has 1 aliphatic carbocycles. The van der Waals surface area contributed by atoms with Gasteiger partial charge in [0.2, 0.25) is 5.91 Å². The molecule has 0 bridgehead atoms. The smallest absolute Gasteiger partial charge is 0.329 e. The van der Waals surface area contributed by atoms with Gasteiger partial charge in [0, 0.05) is 25.6 Å². The molecule has 0 N–H and O–H groups in total. The molecule has 0 aliphatic heterocycles. The Labute approximate surface area is 167 Å². The lowest BCUT2D eigenvalue weighted by Gasteiger charge is -2.32. The second-order valence-corrected chi connectivity index (χ2v) is 8.14. The van der Waals surface area contributed by atoms with Crippen LogP contribution in [0.4, 0.5) is 0 Å². The van der Waals surface area contributed by atoms with E-state index in [2.05, 4.69) is 18.7 Å². The van der Waals surface area contributed by atoms with Gasteiger partial charge in [-0.05, 0) is 50.2 Å². The third-order valence-electron chi connectivity index (χ3n) is 5.17. The van der Waals surface area contributed by atoms with E-state index >= 15 is 0 Å². The van der Waals surface area contributed by atoms with E-state index in [-0.39, 0.29) is 23.6 Å². The summed E-state index contributed by atoms with van der Waals surface area (Å²) in [5.41, 5.74) is 0. The summed E-state index contributed by atoms with van der Waals surface area (Å²) >= 11 is 1.53. The lowest BCUT2D eigenvalue weighted by atomic mass is 9.95. The summed E-state index contributed by atoms with van der Waals surface area (Å²) < 4.78 is 4.91. The van der Waals surface area contributed by atoms with Crippen molar-refractivity contribution in [2.45, 2.75) is 45.6 Å². The van der Waals surface area contributed by atoms with Gasteiger partial charge in [0.15, 0.2) is 0 Å². The number of methoxy groups -OCH3 is 1. The summed E-state index contributed by atoms with van der Waals surface area (Å²) in [6.45, 7) is 7.61. The first-order valence-electron chi connectivity index (χ1n) is 9.46. The van der Waals surface area contributed by atoms with Crippen LogP contribution in [0.5, 0.6) is 0 Å². The zero-order valence-corrected chi connectivity index (χ0v) is 17.8. The fourth-order valence-corrected chi connectivity index (χ4v) is 4.37. The van der Waals surface area contributed by atoms with Crippen LogP contribution < -0.4 is 0 Å². The Hall–Kier alpha value is -1.56. The molecule has 152 valence electrons. The average molecular weight is 396 g/mol. The second-order valence-electron chi connectivity index (χ2n) is 7.23. The van der Waals surface area contributed by atoms with Crippen LogP contribution in [0.3, 0.4) is 0 Å². The number of hydrogen-bond donors (Lipinski definition) is 0. The molecule has 27 heavy (non-hydrogen) atoms. The fraction of sp³-hybridized carbons (Fsp3) is 0.667. The molecule has 0 heterocycles. The molecule has 4 atom stereocenters. The average Bonchev–Trinajstić information content (AvgIpc) is 3.02. The zero-order chi connectivity index (χ0) is 20.4. The monoisotopic (exact) mass is 395 g/mol. The number of Topliss-reactive ketones (excluding diaryl/α,β-unsaturated/α-hetero) is 1. The van der Waals surface area contributed by atoms with Gasteiger partial charge in [0.1, 0.15) is 11.8 Å². The van der Waals surface area contributed by atoms with Crippen molar-refractivity contribution in [3.63, 3.8) is 0 Å². The van der Waals surface area contributed by atoms with Gasteiger partial charge in [-0.3, -0.25) is 4.79 Å². The largest absolute Gasteiger partial charge is 0.467 e. The highest BCUT2D eigenvalue weighted by Gasteiger charge is 2.36. The minimum atomic E-state index is -0.557. The van der Waals surface area contributed by atoms with E-state index in [1.165, 1.54) is 25.8 Å². The minimum Gasteiger partial charge on any atom is -0.467 e. The summed E-state index contributed by atoms with van der Waals surface area (Å²) in [5.74, 6) is 1.23. The molecule has 0 aromatic heterocycles. The molecule has 1 amide bonds. The topological polar surface area (TPSA) is 63.7 Å². The van der Waals surface area contributed by atoms with E-state index in [0.29, 0.717) is 30.6 Å². The van der Waals surface area contributed by atoms with E-state index in [9.17, 15) is 14.4 Å². The lowest BCUT2D eigenvalue weighted by molar-refractivity contribution is -0.151. The molecule has 0 aromatic carbocycles. The molecule has 1 fully saturated rings. The molecular formula is C21H33NO4S. The normalized spacial score (nSPS) is 23.2. The zero-order valence-electron chi connectivity index (χ0n) is 17.0. The predicted octanol–water partition coefficient (Wildman–Crippen LogP) is 3.49. The van der Waals surface area contributed by atoms with Crippen LogP contribution in [0, 0.1) is 17.8 Å². The maximum absolute atomic E-state index is 12.3. The first kappa shape index (κ1) is 23.5. The SMILES string of the molecule is C=C[C@@H]1C[C@H](/C=C\CCC(C)=O)CC1CN(C(C)=O)C(CSC)C(=O)OC. The minimum absolute atomic E-state index is 0.109. The summed E-state index contributed by atoms with van der Waals surface area (Å²) in [6.07, 6.45) is 11.4. The van der Waals surface area contributed by atoms with E-state index in [4.69, 9.17) is 4.74 Å². The Kier molecular flexibility index (Phi) is 10.4. The van der Waals surface area contributed by atoms with Gasteiger partial charge < -0.3 is 14.4 Å². The Bertz CT molecular complexity index is 560. The van der Waals surface area contributed by atoms with Crippen molar-refractivity contribution in [2.75, 3.05) is 25.7 Å². The van der Waals surface area contributed by atoms with Crippen molar-refractivity contribution >= 4 is 29.4 Å². The third-order valence-corrected chi connectivity index (χ3v) is 5.82. The van der Waals surface area contributed by atoms with Gasteiger partial charge in [0.05, 0.1) is 7.11 Å². The number of esters is 1. The van der Waals surface area contributed by atoms with Crippen molar-refractivity contribution in [1.29, 1.82) is 0 Å². The van der Waals surface area contributed by atoms with Crippen molar-refractivity contribution in [2.24, 2.45) is 17.8 Å². The number of nitrogens with zero attached hydrogens (tertiary/aromatic N) is 1.